The van der Waals surface area contributed by atoms with Crippen molar-refractivity contribution in [3.05, 3.63) is 33.4 Å². The van der Waals surface area contributed by atoms with Gasteiger partial charge in [-0.1, -0.05) is 12.1 Å². The van der Waals surface area contributed by atoms with Crippen LogP contribution in [0.4, 0.5) is 0 Å². The molecule has 0 aliphatic rings. The molecule has 0 saturated carbocycles. The third kappa shape index (κ3) is 1.70. The van der Waals surface area contributed by atoms with Crippen LogP contribution in [-0.2, 0) is 6.54 Å². The SMILES string of the molecule is CNCc1[nH]c2c(C)ccc(C)c2c1Br. The highest BCUT2D eigenvalue weighted by molar-refractivity contribution is 9.10. The van der Waals surface area contributed by atoms with Crippen LogP contribution in [0.1, 0.15) is 16.8 Å². The van der Waals surface area contributed by atoms with Gasteiger partial charge in [0.2, 0.25) is 0 Å². The van der Waals surface area contributed by atoms with E-state index in [1.165, 1.54) is 32.2 Å². The lowest BCUT2D eigenvalue weighted by atomic mass is 10.1. The van der Waals surface area contributed by atoms with E-state index >= 15 is 0 Å². The van der Waals surface area contributed by atoms with Gasteiger partial charge in [-0.25, -0.2) is 0 Å². The minimum absolute atomic E-state index is 0.855. The molecular formula is C12H15BrN2. The van der Waals surface area contributed by atoms with Gasteiger partial charge >= 0.3 is 0 Å². The molecule has 3 heteroatoms. The summed E-state index contributed by atoms with van der Waals surface area (Å²) < 4.78 is 1.19. The van der Waals surface area contributed by atoms with Gasteiger partial charge in [0.25, 0.3) is 0 Å². The van der Waals surface area contributed by atoms with Crippen molar-refractivity contribution in [1.82, 2.24) is 10.3 Å². The first-order valence-electron chi connectivity index (χ1n) is 5.06. The van der Waals surface area contributed by atoms with E-state index in [-0.39, 0.29) is 0 Å². The van der Waals surface area contributed by atoms with Gasteiger partial charge < -0.3 is 10.3 Å². The standard InChI is InChI=1S/C12H15BrN2/c1-7-4-5-8(2)12-10(7)11(13)9(15-12)6-14-3/h4-5,14-15H,6H2,1-3H3. The normalized spacial score (nSPS) is 11.2. The van der Waals surface area contributed by atoms with Crippen molar-refractivity contribution < 1.29 is 0 Å². The van der Waals surface area contributed by atoms with Crippen LogP contribution >= 0.6 is 15.9 Å². The zero-order valence-corrected chi connectivity index (χ0v) is 10.8. The molecule has 2 rings (SSSR count). The molecule has 0 aliphatic heterocycles. The minimum atomic E-state index is 0.855. The molecule has 1 aromatic heterocycles. The van der Waals surface area contributed by atoms with E-state index in [0.29, 0.717) is 0 Å². The molecule has 2 nitrogen and oxygen atoms in total. The molecule has 2 N–H and O–H groups in total. The summed E-state index contributed by atoms with van der Waals surface area (Å²) in [5.74, 6) is 0. The largest absolute Gasteiger partial charge is 0.356 e. The Morgan fingerprint density at radius 2 is 1.93 bits per heavy atom. The predicted octanol–water partition coefficient (Wildman–Crippen LogP) is 3.27. The van der Waals surface area contributed by atoms with Gasteiger partial charge in [-0.15, -0.1) is 0 Å². The maximum atomic E-state index is 3.67. The Bertz CT molecular complexity index is 500. The second kappa shape index (κ2) is 3.99. The molecule has 15 heavy (non-hydrogen) atoms. The van der Waals surface area contributed by atoms with Crippen LogP contribution in [0.5, 0.6) is 0 Å². The van der Waals surface area contributed by atoms with Crippen molar-refractivity contribution >= 4 is 26.8 Å². The number of hydrogen-bond donors (Lipinski definition) is 2. The van der Waals surface area contributed by atoms with E-state index < -0.39 is 0 Å². The van der Waals surface area contributed by atoms with Crippen LogP contribution in [0, 0.1) is 13.8 Å². The highest BCUT2D eigenvalue weighted by atomic mass is 79.9. The van der Waals surface area contributed by atoms with Crippen molar-refractivity contribution in [2.75, 3.05) is 7.05 Å². The number of halogens is 1. The monoisotopic (exact) mass is 266 g/mol. The van der Waals surface area contributed by atoms with Crippen LogP contribution < -0.4 is 5.32 Å². The van der Waals surface area contributed by atoms with Gasteiger partial charge in [-0.05, 0) is 48.0 Å². The third-order valence-corrected chi connectivity index (χ3v) is 3.61. The van der Waals surface area contributed by atoms with Crippen molar-refractivity contribution in [3.8, 4) is 0 Å². The summed E-state index contributed by atoms with van der Waals surface area (Å²) in [7, 11) is 1.96. The van der Waals surface area contributed by atoms with Crippen molar-refractivity contribution in [2.24, 2.45) is 0 Å². The highest BCUT2D eigenvalue weighted by Crippen LogP contribution is 2.32. The number of aryl methyl sites for hydroxylation is 2. The number of aromatic nitrogens is 1. The van der Waals surface area contributed by atoms with E-state index in [4.69, 9.17) is 0 Å². The number of H-pyrrole nitrogens is 1. The number of aromatic amines is 1. The van der Waals surface area contributed by atoms with Gasteiger partial charge in [0.15, 0.2) is 0 Å². The lowest BCUT2D eigenvalue weighted by Crippen LogP contribution is -2.05. The molecule has 1 aromatic carbocycles. The molecule has 1 heterocycles. The van der Waals surface area contributed by atoms with E-state index in [0.717, 1.165) is 6.54 Å². The lowest BCUT2D eigenvalue weighted by Gasteiger charge is -1.99. The molecule has 0 fully saturated rings. The van der Waals surface area contributed by atoms with Gasteiger partial charge in [0, 0.05) is 22.1 Å². The van der Waals surface area contributed by atoms with Gasteiger partial charge in [0.05, 0.1) is 5.52 Å². The Labute approximate surface area is 98.2 Å². The summed E-state index contributed by atoms with van der Waals surface area (Å²) >= 11 is 3.67. The van der Waals surface area contributed by atoms with E-state index in [9.17, 15) is 0 Å². The van der Waals surface area contributed by atoms with Crippen molar-refractivity contribution in [1.29, 1.82) is 0 Å². The van der Waals surface area contributed by atoms with Gasteiger partial charge in [-0.3, -0.25) is 0 Å². The molecule has 0 amide bonds. The van der Waals surface area contributed by atoms with E-state index in [2.05, 4.69) is 52.2 Å². The molecule has 0 spiro atoms. The summed E-state index contributed by atoms with van der Waals surface area (Å²) in [4.78, 5) is 3.46. The second-order valence-corrected chi connectivity index (χ2v) is 4.69. The Balaban J connectivity index is 2.75. The molecule has 0 aliphatic carbocycles. The molecule has 2 aromatic rings. The minimum Gasteiger partial charge on any atom is -0.356 e. The first-order chi connectivity index (χ1) is 7.15. The molecule has 80 valence electrons. The summed E-state index contributed by atoms with van der Waals surface area (Å²) in [6.07, 6.45) is 0. The lowest BCUT2D eigenvalue weighted by molar-refractivity contribution is 0.796. The van der Waals surface area contributed by atoms with Gasteiger partial charge in [-0.2, -0.15) is 0 Å². The van der Waals surface area contributed by atoms with Crippen LogP contribution in [0.25, 0.3) is 10.9 Å². The summed E-state index contributed by atoms with van der Waals surface area (Å²) in [6.45, 7) is 5.13. The van der Waals surface area contributed by atoms with Crippen molar-refractivity contribution in [2.45, 2.75) is 20.4 Å². The second-order valence-electron chi connectivity index (χ2n) is 3.90. The maximum absolute atomic E-state index is 3.67. The van der Waals surface area contributed by atoms with E-state index in [1.807, 2.05) is 7.05 Å². The number of benzene rings is 1. The average molecular weight is 267 g/mol. The Hall–Kier alpha value is -0.800. The molecule has 0 unspecified atom stereocenters. The summed E-state index contributed by atoms with van der Waals surface area (Å²) in [5.41, 5.74) is 5.05. The average Bonchev–Trinajstić information content (AvgIpc) is 2.53. The number of nitrogens with one attached hydrogen (secondary N) is 2. The third-order valence-electron chi connectivity index (χ3n) is 2.74. The maximum Gasteiger partial charge on any atom is 0.0500 e. The fourth-order valence-corrected chi connectivity index (χ4v) is 2.66. The molecule has 0 atom stereocenters. The fraction of sp³-hybridized carbons (Fsp3) is 0.333. The first-order valence-corrected chi connectivity index (χ1v) is 5.85. The highest BCUT2D eigenvalue weighted by Gasteiger charge is 2.11. The predicted molar refractivity (Wildman–Crippen MR) is 68.2 cm³/mol. The number of rotatable bonds is 2. The van der Waals surface area contributed by atoms with Crippen molar-refractivity contribution in [3.63, 3.8) is 0 Å². The Morgan fingerprint density at radius 3 is 2.53 bits per heavy atom. The molecule has 0 bridgehead atoms. The smallest absolute Gasteiger partial charge is 0.0500 e. The number of hydrogen-bond acceptors (Lipinski definition) is 1. The quantitative estimate of drug-likeness (QED) is 0.858. The topological polar surface area (TPSA) is 27.8 Å². The zero-order valence-electron chi connectivity index (χ0n) is 9.24. The van der Waals surface area contributed by atoms with Crippen LogP contribution in [0.15, 0.2) is 16.6 Å². The Kier molecular flexibility index (Phi) is 2.85. The zero-order chi connectivity index (χ0) is 11.0. The molecule has 0 saturated heterocycles. The summed E-state index contributed by atoms with van der Waals surface area (Å²) in [5, 5.41) is 4.47. The van der Waals surface area contributed by atoms with Gasteiger partial charge in [0.1, 0.15) is 0 Å². The Morgan fingerprint density at radius 1 is 1.27 bits per heavy atom. The first kappa shape index (κ1) is 10.7. The van der Waals surface area contributed by atoms with Crippen LogP contribution in [0.2, 0.25) is 0 Å². The fourth-order valence-electron chi connectivity index (χ4n) is 1.91. The summed E-state index contributed by atoms with van der Waals surface area (Å²) in [6, 6.07) is 4.32. The van der Waals surface area contributed by atoms with E-state index in [1.54, 1.807) is 0 Å². The molecule has 0 radical (unpaired) electrons. The van der Waals surface area contributed by atoms with Crippen LogP contribution in [-0.4, -0.2) is 12.0 Å². The molecular weight excluding hydrogens is 252 g/mol. The number of fused-ring (bicyclic) bond motifs is 1. The van der Waals surface area contributed by atoms with Crippen LogP contribution in [0.3, 0.4) is 0 Å².